The van der Waals surface area contributed by atoms with E-state index >= 15 is 0 Å². The zero-order valence-electron chi connectivity index (χ0n) is 16.3. The second-order valence-electron chi connectivity index (χ2n) is 7.93. The van der Waals surface area contributed by atoms with Gasteiger partial charge in [-0.3, -0.25) is 4.79 Å². The van der Waals surface area contributed by atoms with E-state index in [0.29, 0.717) is 17.7 Å². The van der Waals surface area contributed by atoms with Crippen molar-refractivity contribution in [3.8, 4) is 11.1 Å². The summed E-state index contributed by atoms with van der Waals surface area (Å²) in [4.78, 5) is 17.1. The van der Waals surface area contributed by atoms with Crippen LogP contribution in [-0.2, 0) is 6.18 Å². The summed E-state index contributed by atoms with van der Waals surface area (Å²) in [6.45, 7) is 3.31. The number of nitrogens with zero attached hydrogens (tertiary/aromatic N) is 2. The molecule has 2 fully saturated rings. The van der Waals surface area contributed by atoms with Gasteiger partial charge in [0.25, 0.3) is 5.91 Å². The standard InChI is InChI=1S/C23H25F3N2O/c24-23(25,26)21-15-18(17-7-2-1-3-8-17)10-11-20(21)22(29)28-14-6-9-19(28)16-27-12-4-5-13-27/h1-3,7-8,10-11,15,19H,4-6,9,12-14,16H2/t19-/m0/s1. The predicted octanol–water partition coefficient (Wildman–Crippen LogP) is 5.07. The Kier molecular flexibility index (Phi) is 5.63. The van der Waals surface area contributed by atoms with Crippen LogP contribution in [0.4, 0.5) is 13.2 Å². The Morgan fingerprint density at radius 1 is 0.931 bits per heavy atom. The fourth-order valence-electron chi connectivity index (χ4n) is 4.49. The first-order valence-electron chi connectivity index (χ1n) is 10.2. The average molecular weight is 402 g/mol. The van der Waals surface area contributed by atoms with Crippen LogP contribution in [0.5, 0.6) is 0 Å². The van der Waals surface area contributed by atoms with E-state index in [0.717, 1.165) is 51.4 Å². The van der Waals surface area contributed by atoms with Crippen LogP contribution in [0.1, 0.15) is 41.6 Å². The first kappa shape index (κ1) is 20.0. The zero-order chi connectivity index (χ0) is 20.4. The molecule has 6 heteroatoms. The van der Waals surface area contributed by atoms with E-state index in [1.54, 1.807) is 35.2 Å². The zero-order valence-corrected chi connectivity index (χ0v) is 16.3. The smallest absolute Gasteiger partial charge is 0.334 e. The fraction of sp³-hybridized carbons (Fsp3) is 0.435. The molecule has 2 aromatic rings. The van der Waals surface area contributed by atoms with E-state index in [4.69, 9.17) is 0 Å². The molecule has 154 valence electrons. The summed E-state index contributed by atoms with van der Waals surface area (Å²) in [5, 5.41) is 0. The van der Waals surface area contributed by atoms with E-state index in [2.05, 4.69) is 4.90 Å². The monoisotopic (exact) mass is 402 g/mol. The van der Waals surface area contributed by atoms with Crippen molar-refractivity contribution < 1.29 is 18.0 Å². The highest BCUT2D eigenvalue weighted by atomic mass is 19.4. The van der Waals surface area contributed by atoms with Crippen molar-refractivity contribution in [2.45, 2.75) is 37.9 Å². The Labute approximate surface area is 169 Å². The van der Waals surface area contributed by atoms with E-state index < -0.39 is 17.6 Å². The van der Waals surface area contributed by atoms with Gasteiger partial charge < -0.3 is 9.80 Å². The third-order valence-electron chi connectivity index (χ3n) is 5.97. The van der Waals surface area contributed by atoms with Crippen molar-refractivity contribution in [2.75, 3.05) is 26.2 Å². The number of rotatable bonds is 4. The number of alkyl halides is 3. The van der Waals surface area contributed by atoms with Crippen LogP contribution in [0, 0.1) is 0 Å². The third kappa shape index (κ3) is 4.32. The molecule has 29 heavy (non-hydrogen) atoms. The molecule has 0 bridgehead atoms. The Balaban J connectivity index is 1.63. The number of carbonyl (C=O) groups excluding carboxylic acids is 1. The molecule has 2 aromatic carbocycles. The van der Waals surface area contributed by atoms with Crippen LogP contribution >= 0.6 is 0 Å². The number of benzene rings is 2. The second-order valence-corrected chi connectivity index (χ2v) is 7.93. The van der Waals surface area contributed by atoms with Gasteiger partial charge in [0, 0.05) is 19.1 Å². The fourth-order valence-corrected chi connectivity index (χ4v) is 4.49. The maximum Gasteiger partial charge on any atom is 0.417 e. The van der Waals surface area contributed by atoms with Gasteiger partial charge in [-0.15, -0.1) is 0 Å². The normalized spacial score (nSPS) is 20.4. The second kappa shape index (κ2) is 8.19. The molecule has 0 radical (unpaired) electrons. The number of amides is 1. The molecule has 2 aliphatic rings. The van der Waals surface area contributed by atoms with Gasteiger partial charge in [-0.25, -0.2) is 0 Å². The predicted molar refractivity (Wildman–Crippen MR) is 107 cm³/mol. The highest BCUT2D eigenvalue weighted by Crippen LogP contribution is 2.36. The Bertz CT molecular complexity index is 860. The van der Waals surface area contributed by atoms with Crippen molar-refractivity contribution >= 4 is 5.91 Å². The third-order valence-corrected chi connectivity index (χ3v) is 5.97. The summed E-state index contributed by atoms with van der Waals surface area (Å²) in [6, 6.07) is 13.0. The summed E-state index contributed by atoms with van der Waals surface area (Å²) >= 11 is 0. The van der Waals surface area contributed by atoms with Crippen molar-refractivity contribution in [2.24, 2.45) is 0 Å². The average Bonchev–Trinajstić information content (AvgIpc) is 3.39. The van der Waals surface area contributed by atoms with Gasteiger partial charge in [0.2, 0.25) is 0 Å². The molecule has 0 N–H and O–H groups in total. The van der Waals surface area contributed by atoms with Gasteiger partial charge in [0.05, 0.1) is 11.1 Å². The lowest BCUT2D eigenvalue weighted by atomic mass is 9.97. The lowest BCUT2D eigenvalue weighted by Gasteiger charge is -2.29. The Morgan fingerprint density at radius 2 is 1.66 bits per heavy atom. The minimum Gasteiger partial charge on any atom is -0.334 e. The lowest BCUT2D eigenvalue weighted by molar-refractivity contribution is -0.138. The van der Waals surface area contributed by atoms with Crippen molar-refractivity contribution in [1.82, 2.24) is 9.80 Å². The molecule has 1 amide bonds. The van der Waals surface area contributed by atoms with Crippen molar-refractivity contribution in [1.29, 1.82) is 0 Å². The van der Waals surface area contributed by atoms with Crippen LogP contribution in [0.2, 0.25) is 0 Å². The summed E-state index contributed by atoms with van der Waals surface area (Å²) < 4.78 is 41.5. The molecular formula is C23H25F3N2O. The maximum atomic E-state index is 13.8. The van der Waals surface area contributed by atoms with E-state index in [1.807, 2.05) is 6.07 Å². The molecule has 2 aliphatic heterocycles. The first-order valence-corrected chi connectivity index (χ1v) is 10.2. The highest BCUT2D eigenvalue weighted by molar-refractivity contribution is 5.97. The summed E-state index contributed by atoms with van der Waals surface area (Å²) in [6.07, 6.45) is -0.584. The van der Waals surface area contributed by atoms with Gasteiger partial charge >= 0.3 is 6.18 Å². The summed E-state index contributed by atoms with van der Waals surface area (Å²) in [5.74, 6) is -0.501. The molecule has 0 spiro atoms. The van der Waals surface area contributed by atoms with Crippen LogP contribution in [-0.4, -0.2) is 47.9 Å². The molecule has 0 aliphatic carbocycles. The van der Waals surface area contributed by atoms with E-state index in [1.165, 1.54) is 6.07 Å². The maximum absolute atomic E-state index is 13.8. The minimum atomic E-state index is -4.58. The quantitative estimate of drug-likeness (QED) is 0.713. The van der Waals surface area contributed by atoms with Gasteiger partial charge in [0.15, 0.2) is 0 Å². The molecule has 3 nitrogen and oxygen atoms in total. The van der Waals surface area contributed by atoms with Gasteiger partial charge in [-0.1, -0.05) is 36.4 Å². The van der Waals surface area contributed by atoms with Gasteiger partial charge in [0.1, 0.15) is 0 Å². The molecule has 2 saturated heterocycles. The summed E-state index contributed by atoms with van der Waals surface area (Å²) in [5.41, 5.74) is 0.0655. The lowest BCUT2D eigenvalue weighted by Crippen LogP contribution is -2.43. The molecule has 0 saturated carbocycles. The number of halogens is 3. The molecular weight excluding hydrogens is 377 g/mol. The number of hydrogen-bond acceptors (Lipinski definition) is 2. The minimum absolute atomic E-state index is 0.00418. The van der Waals surface area contributed by atoms with Crippen molar-refractivity contribution in [3.63, 3.8) is 0 Å². The first-order chi connectivity index (χ1) is 13.9. The van der Waals surface area contributed by atoms with Gasteiger partial charge in [-0.05, 0) is 62.0 Å². The molecule has 2 heterocycles. The van der Waals surface area contributed by atoms with E-state index in [9.17, 15) is 18.0 Å². The van der Waals surface area contributed by atoms with Crippen LogP contribution in [0.25, 0.3) is 11.1 Å². The molecule has 1 atom stereocenters. The largest absolute Gasteiger partial charge is 0.417 e. The highest BCUT2D eigenvalue weighted by Gasteiger charge is 2.39. The Morgan fingerprint density at radius 3 is 2.34 bits per heavy atom. The van der Waals surface area contributed by atoms with Crippen LogP contribution in [0.3, 0.4) is 0 Å². The SMILES string of the molecule is O=C(c1ccc(-c2ccccc2)cc1C(F)(F)F)N1CCC[C@H]1CN1CCCC1. The van der Waals surface area contributed by atoms with Crippen molar-refractivity contribution in [3.05, 3.63) is 59.7 Å². The topological polar surface area (TPSA) is 23.6 Å². The molecule has 0 unspecified atom stereocenters. The number of hydrogen-bond donors (Lipinski definition) is 0. The van der Waals surface area contributed by atoms with E-state index in [-0.39, 0.29) is 11.6 Å². The van der Waals surface area contributed by atoms with Crippen LogP contribution < -0.4 is 0 Å². The number of likely N-dealkylation sites (tertiary alicyclic amines) is 2. The molecule has 0 aromatic heterocycles. The van der Waals surface area contributed by atoms with Crippen LogP contribution in [0.15, 0.2) is 48.5 Å². The van der Waals surface area contributed by atoms with Gasteiger partial charge in [-0.2, -0.15) is 13.2 Å². The Hall–Kier alpha value is -2.34. The molecule has 4 rings (SSSR count). The number of carbonyl (C=O) groups is 1. The summed E-state index contributed by atoms with van der Waals surface area (Å²) in [7, 11) is 0.